The molecule has 1 rings (SSSR count). The van der Waals surface area contributed by atoms with Gasteiger partial charge in [0.05, 0.1) is 12.2 Å². The minimum Gasteiger partial charge on any atom is -0.375 e. The Morgan fingerprint density at radius 2 is 1.61 bits per heavy atom. The Hall–Kier alpha value is -0.120. The van der Waals surface area contributed by atoms with Crippen molar-refractivity contribution in [1.82, 2.24) is 5.06 Å². The molecule has 1 aliphatic rings. The molecule has 1 saturated heterocycles. The highest BCUT2D eigenvalue weighted by Gasteiger charge is 2.45. The minimum atomic E-state index is -0.221. The molecule has 3 nitrogen and oxygen atoms in total. The van der Waals surface area contributed by atoms with Gasteiger partial charge in [0.25, 0.3) is 0 Å². The van der Waals surface area contributed by atoms with E-state index in [1.165, 1.54) is 5.06 Å². The van der Waals surface area contributed by atoms with Crippen molar-refractivity contribution in [3.63, 3.8) is 0 Å². The van der Waals surface area contributed by atoms with E-state index < -0.39 is 0 Å². The van der Waals surface area contributed by atoms with Crippen LogP contribution >= 0.6 is 0 Å². The number of piperidine rings is 1. The average molecular weight is 257 g/mol. The molecule has 3 heteroatoms. The number of hydroxylamine groups is 2. The highest BCUT2D eigenvalue weighted by molar-refractivity contribution is 4.96. The van der Waals surface area contributed by atoms with E-state index in [-0.39, 0.29) is 23.3 Å². The van der Waals surface area contributed by atoms with Crippen LogP contribution in [0.25, 0.3) is 0 Å². The van der Waals surface area contributed by atoms with E-state index >= 15 is 0 Å². The summed E-state index contributed by atoms with van der Waals surface area (Å²) in [6.45, 7) is 14.9. The third-order valence-corrected chi connectivity index (χ3v) is 4.45. The summed E-state index contributed by atoms with van der Waals surface area (Å²) in [5, 5.41) is 11.8. The van der Waals surface area contributed by atoms with Gasteiger partial charge in [-0.2, -0.15) is 5.06 Å². The SMILES string of the molecule is CCC(C)C(C)OC1CC(C)(C)N(O)C(C)(C)C1. The van der Waals surface area contributed by atoms with E-state index in [0.717, 1.165) is 19.3 Å². The van der Waals surface area contributed by atoms with Crippen molar-refractivity contribution < 1.29 is 9.94 Å². The van der Waals surface area contributed by atoms with Crippen LogP contribution in [0.5, 0.6) is 0 Å². The van der Waals surface area contributed by atoms with Gasteiger partial charge < -0.3 is 9.94 Å². The summed E-state index contributed by atoms with van der Waals surface area (Å²) >= 11 is 0. The molecular weight excluding hydrogens is 226 g/mol. The maximum atomic E-state index is 10.2. The first-order valence-electron chi connectivity index (χ1n) is 7.25. The summed E-state index contributed by atoms with van der Waals surface area (Å²) in [6.07, 6.45) is 3.44. The first-order chi connectivity index (χ1) is 8.10. The number of hydrogen-bond acceptors (Lipinski definition) is 3. The van der Waals surface area contributed by atoms with Crippen molar-refractivity contribution in [2.24, 2.45) is 5.92 Å². The van der Waals surface area contributed by atoms with E-state index in [2.05, 4.69) is 48.5 Å². The molecule has 18 heavy (non-hydrogen) atoms. The Bertz CT molecular complexity index is 258. The second-order valence-electron chi connectivity index (χ2n) is 7.19. The van der Waals surface area contributed by atoms with Crippen LogP contribution in [0, 0.1) is 5.92 Å². The van der Waals surface area contributed by atoms with Gasteiger partial charge in [-0.25, -0.2) is 0 Å². The molecule has 0 aromatic carbocycles. The zero-order valence-corrected chi connectivity index (χ0v) is 13.2. The molecule has 1 aliphatic heterocycles. The van der Waals surface area contributed by atoms with Gasteiger partial charge in [-0.15, -0.1) is 0 Å². The maximum Gasteiger partial charge on any atom is 0.0615 e. The zero-order chi connectivity index (χ0) is 14.1. The monoisotopic (exact) mass is 257 g/mol. The molecule has 1 heterocycles. The first-order valence-corrected chi connectivity index (χ1v) is 7.25. The number of rotatable bonds is 4. The summed E-state index contributed by atoms with van der Waals surface area (Å²) in [5.74, 6) is 0.586. The standard InChI is InChI=1S/C15H31NO2/c1-8-11(2)12(3)18-13-9-14(4,5)16(17)15(6,7)10-13/h11-13,17H,8-10H2,1-7H3. The van der Waals surface area contributed by atoms with Crippen molar-refractivity contribution in [3.8, 4) is 0 Å². The lowest BCUT2D eigenvalue weighted by atomic mass is 9.80. The summed E-state index contributed by atoms with van der Waals surface area (Å²) in [7, 11) is 0. The molecule has 1 fully saturated rings. The quantitative estimate of drug-likeness (QED) is 0.830. The van der Waals surface area contributed by atoms with E-state index in [4.69, 9.17) is 4.74 Å². The summed E-state index contributed by atoms with van der Waals surface area (Å²) in [4.78, 5) is 0. The predicted molar refractivity (Wildman–Crippen MR) is 74.8 cm³/mol. The molecule has 0 saturated carbocycles. The van der Waals surface area contributed by atoms with Gasteiger partial charge in [0.2, 0.25) is 0 Å². The lowest BCUT2D eigenvalue weighted by Gasteiger charge is -2.51. The Morgan fingerprint density at radius 3 is 2.00 bits per heavy atom. The van der Waals surface area contributed by atoms with Crippen molar-refractivity contribution in [2.45, 2.75) is 91.0 Å². The number of ether oxygens (including phenoxy) is 1. The Morgan fingerprint density at radius 1 is 1.17 bits per heavy atom. The lowest BCUT2D eigenvalue weighted by Crippen LogP contribution is -2.60. The van der Waals surface area contributed by atoms with Crippen molar-refractivity contribution in [1.29, 1.82) is 0 Å². The van der Waals surface area contributed by atoms with E-state index in [0.29, 0.717) is 5.92 Å². The largest absolute Gasteiger partial charge is 0.375 e. The fraction of sp³-hybridized carbons (Fsp3) is 1.00. The fourth-order valence-electron chi connectivity index (χ4n) is 3.04. The molecule has 0 aromatic rings. The molecule has 2 atom stereocenters. The van der Waals surface area contributed by atoms with Gasteiger partial charge in [-0.1, -0.05) is 20.3 Å². The third kappa shape index (κ3) is 3.46. The molecule has 0 amide bonds. The van der Waals surface area contributed by atoms with Gasteiger partial charge in [0, 0.05) is 11.1 Å². The molecule has 0 radical (unpaired) electrons. The van der Waals surface area contributed by atoms with Crippen LogP contribution in [0.3, 0.4) is 0 Å². The van der Waals surface area contributed by atoms with Gasteiger partial charge in [-0.05, 0) is 53.4 Å². The summed E-state index contributed by atoms with van der Waals surface area (Å²) < 4.78 is 6.23. The van der Waals surface area contributed by atoms with E-state index in [9.17, 15) is 5.21 Å². The number of nitrogens with zero attached hydrogens (tertiary/aromatic N) is 1. The van der Waals surface area contributed by atoms with Crippen LogP contribution in [-0.4, -0.2) is 33.6 Å². The van der Waals surface area contributed by atoms with Crippen LogP contribution in [0.15, 0.2) is 0 Å². The van der Waals surface area contributed by atoms with Gasteiger partial charge in [0.1, 0.15) is 0 Å². The molecule has 108 valence electrons. The van der Waals surface area contributed by atoms with Crippen molar-refractivity contribution in [2.75, 3.05) is 0 Å². The predicted octanol–water partition coefficient (Wildman–Crippen LogP) is 3.85. The lowest BCUT2D eigenvalue weighted by molar-refractivity contribution is -0.265. The zero-order valence-electron chi connectivity index (χ0n) is 13.2. The van der Waals surface area contributed by atoms with Gasteiger partial charge in [-0.3, -0.25) is 0 Å². The number of hydrogen-bond donors (Lipinski definition) is 1. The molecule has 0 aromatic heterocycles. The minimum absolute atomic E-state index is 0.221. The normalized spacial score (nSPS) is 28.0. The smallest absolute Gasteiger partial charge is 0.0615 e. The third-order valence-electron chi connectivity index (χ3n) is 4.45. The molecule has 2 unspecified atom stereocenters. The summed E-state index contributed by atoms with van der Waals surface area (Å²) in [6, 6.07) is 0. The summed E-state index contributed by atoms with van der Waals surface area (Å²) in [5.41, 5.74) is -0.441. The van der Waals surface area contributed by atoms with Crippen LogP contribution in [-0.2, 0) is 4.74 Å². The van der Waals surface area contributed by atoms with Gasteiger partial charge >= 0.3 is 0 Å². The average Bonchev–Trinajstić information content (AvgIpc) is 2.23. The van der Waals surface area contributed by atoms with Crippen LogP contribution in [0.2, 0.25) is 0 Å². The topological polar surface area (TPSA) is 32.7 Å². The molecule has 0 aliphatic carbocycles. The van der Waals surface area contributed by atoms with Gasteiger partial charge in [0.15, 0.2) is 0 Å². The molecular formula is C15H31NO2. The Kier molecular flexibility index (Phi) is 4.85. The second-order valence-corrected chi connectivity index (χ2v) is 7.19. The highest BCUT2D eigenvalue weighted by atomic mass is 16.5. The highest BCUT2D eigenvalue weighted by Crippen LogP contribution is 2.38. The Balaban J connectivity index is 2.69. The molecule has 0 bridgehead atoms. The first kappa shape index (κ1) is 15.9. The Labute approximate surface area is 112 Å². The maximum absolute atomic E-state index is 10.2. The fourth-order valence-corrected chi connectivity index (χ4v) is 3.04. The van der Waals surface area contributed by atoms with Crippen molar-refractivity contribution in [3.05, 3.63) is 0 Å². The van der Waals surface area contributed by atoms with E-state index in [1.807, 2.05) is 0 Å². The van der Waals surface area contributed by atoms with E-state index in [1.54, 1.807) is 0 Å². The molecule has 1 N–H and O–H groups in total. The molecule has 0 spiro atoms. The van der Waals surface area contributed by atoms with Crippen LogP contribution in [0.1, 0.15) is 67.7 Å². The second kappa shape index (κ2) is 5.48. The van der Waals surface area contributed by atoms with Crippen LogP contribution < -0.4 is 0 Å². The van der Waals surface area contributed by atoms with Crippen LogP contribution in [0.4, 0.5) is 0 Å². The van der Waals surface area contributed by atoms with Crippen molar-refractivity contribution >= 4 is 0 Å².